The van der Waals surface area contributed by atoms with Gasteiger partial charge >= 0.3 is 5.69 Å². The van der Waals surface area contributed by atoms with Crippen molar-refractivity contribution < 1.29 is 22.9 Å². The van der Waals surface area contributed by atoms with Gasteiger partial charge in [-0.15, -0.1) is 0 Å². The molecule has 4 aliphatic carbocycles. The Kier molecular flexibility index (Phi) is 5.49. The fourth-order valence-corrected chi connectivity index (χ4v) is 7.31. The summed E-state index contributed by atoms with van der Waals surface area (Å²) in [5, 5.41) is 14.4. The molecule has 31 heavy (non-hydrogen) atoms. The molecule has 0 unspecified atom stereocenters. The summed E-state index contributed by atoms with van der Waals surface area (Å²) >= 11 is 0. The first-order chi connectivity index (χ1) is 14.5. The van der Waals surface area contributed by atoms with E-state index in [1.165, 1.54) is 39.5 Å². The maximum atomic E-state index is 13.1. The molecule has 5 rings (SSSR count). The molecule has 0 aliphatic heterocycles. The third-order valence-corrected chi connectivity index (χ3v) is 8.79. The lowest BCUT2D eigenvalue weighted by Gasteiger charge is -2.54. The number of hydrogen-bond acceptors (Lipinski definition) is 6. The fraction of sp³-hybridized carbons (Fsp3) is 0.667. The van der Waals surface area contributed by atoms with Crippen molar-refractivity contribution in [1.82, 2.24) is 10.0 Å². The summed E-state index contributed by atoms with van der Waals surface area (Å²) in [6.45, 7) is 3.02. The Morgan fingerprint density at radius 1 is 1.13 bits per heavy atom. The third kappa shape index (κ3) is 4.15. The third-order valence-electron chi connectivity index (χ3n) is 7.14. The van der Waals surface area contributed by atoms with Crippen LogP contribution >= 0.6 is 0 Å². The lowest BCUT2D eigenvalue weighted by molar-refractivity contribution is -0.386. The second kappa shape index (κ2) is 7.74. The zero-order valence-corrected chi connectivity index (χ0v) is 18.8. The van der Waals surface area contributed by atoms with Crippen molar-refractivity contribution in [3.8, 4) is 5.75 Å². The Morgan fingerprint density at radius 3 is 2.23 bits per heavy atom. The number of methoxy groups -OCH3 is 1. The second-order valence-corrected chi connectivity index (χ2v) is 11.4. The van der Waals surface area contributed by atoms with Gasteiger partial charge in [0.2, 0.25) is 15.9 Å². The number of hydrogen-bond donors (Lipinski definition) is 2. The number of carbonyl (C=O) groups is 1. The molecule has 0 heterocycles. The van der Waals surface area contributed by atoms with Crippen LogP contribution in [0.2, 0.25) is 0 Å². The van der Waals surface area contributed by atoms with Gasteiger partial charge in [0.25, 0.3) is 0 Å². The molecule has 1 amide bonds. The molecule has 170 valence electrons. The number of nitrogens with zero attached hydrogens (tertiary/aromatic N) is 1. The summed E-state index contributed by atoms with van der Waals surface area (Å²) in [5.41, 5.74) is -1.87. The van der Waals surface area contributed by atoms with E-state index >= 15 is 0 Å². The summed E-state index contributed by atoms with van der Waals surface area (Å²) < 4.78 is 33.2. The van der Waals surface area contributed by atoms with Gasteiger partial charge in [0.05, 0.1) is 16.9 Å². The Hall–Kier alpha value is -2.20. The average molecular weight is 452 g/mol. The van der Waals surface area contributed by atoms with Crippen molar-refractivity contribution in [2.45, 2.75) is 62.4 Å². The van der Waals surface area contributed by atoms with E-state index in [9.17, 15) is 23.3 Å². The molecule has 4 saturated carbocycles. The first kappa shape index (κ1) is 22.0. The van der Waals surface area contributed by atoms with Crippen LogP contribution in [0.4, 0.5) is 5.69 Å². The van der Waals surface area contributed by atoms with Gasteiger partial charge in [-0.05, 0) is 81.8 Å². The molecular formula is C21H29N3O6S. The smallest absolute Gasteiger partial charge is 0.312 e. The zero-order valence-electron chi connectivity index (χ0n) is 18.0. The van der Waals surface area contributed by atoms with Crippen molar-refractivity contribution in [2.24, 2.45) is 23.7 Å². The van der Waals surface area contributed by atoms with Crippen molar-refractivity contribution in [1.29, 1.82) is 0 Å². The molecule has 4 bridgehead atoms. The summed E-state index contributed by atoms with van der Waals surface area (Å²) in [6, 6.07) is 3.48. The first-order valence-corrected chi connectivity index (χ1v) is 12.2. The van der Waals surface area contributed by atoms with Crippen LogP contribution in [0.3, 0.4) is 0 Å². The fourth-order valence-electron chi connectivity index (χ4n) is 5.91. The molecular weight excluding hydrogens is 422 g/mol. The van der Waals surface area contributed by atoms with Crippen LogP contribution in [0, 0.1) is 33.8 Å². The molecule has 4 fully saturated rings. The van der Waals surface area contributed by atoms with Gasteiger partial charge in [0, 0.05) is 12.1 Å². The highest BCUT2D eigenvalue weighted by Gasteiger charge is 2.49. The topological polar surface area (TPSA) is 128 Å². The van der Waals surface area contributed by atoms with Crippen molar-refractivity contribution in [2.75, 3.05) is 7.11 Å². The quantitative estimate of drug-likeness (QED) is 0.484. The number of amides is 1. The highest BCUT2D eigenvalue weighted by molar-refractivity contribution is 7.89. The molecule has 0 saturated heterocycles. The molecule has 1 aromatic rings. The molecule has 0 atom stereocenters. The van der Waals surface area contributed by atoms with Gasteiger partial charge in [0.1, 0.15) is 5.54 Å². The number of sulfonamides is 1. The lowest BCUT2D eigenvalue weighted by atomic mass is 9.54. The van der Waals surface area contributed by atoms with Gasteiger partial charge in [-0.3, -0.25) is 14.9 Å². The minimum Gasteiger partial charge on any atom is -0.490 e. The Bertz CT molecular complexity index is 978. The number of nitrogens with one attached hydrogen (secondary N) is 2. The largest absolute Gasteiger partial charge is 0.490 e. The molecule has 2 N–H and O–H groups in total. The number of rotatable bonds is 7. The monoisotopic (exact) mass is 451 g/mol. The van der Waals surface area contributed by atoms with Gasteiger partial charge in [-0.25, -0.2) is 8.42 Å². The number of benzene rings is 1. The summed E-state index contributed by atoms with van der Waals surface area (Å²) in [6.07, 6.45) is 5.87. The molecule has 0 aromatic heterocycles. The number of ether oxygens (including phenoxy) is 1. The van der Waals surface area contributed by atoms with E-state index in [-0.39, 0.29) is 22.6 Å². The standard InChI is InChI=1S/C21H29N3O6S/c1-21(2,20(25)22-19-14-7-12-6-13(9-14)10-15(19)8-12)23-31(28,29)16-4-5-18(30-3)17(11-16)24(26)27/h4-5,11-15,19,23H,6-10H2,1-3H3,(H,22,25). The van der Waals surface area contributed by atoms with Crippen LogP contribution in [0.15, 0.2) is 23.1 Å². The molecule has 4 aliphatic rings. The van der Waals surface area contributed by atoms with Crippen LogP contribution < -0.4 is 14.8 Å². The predicted molar refractivity (Wildman–Crippen MR) is 113 cm³/mol. The van der Waals surface area contributed by atoms with Crippen LogP contribution in [0.1, 0.15) is 46.0 Å². The first-order valence-electron chi connectivity index (χ1n) is 10.7. The van der Waals surface area contributed by atoms with Crippen LogP contribution in [-0.4, -0.2) is 37.9 Å². The van der Waals surface area contributed by atoms with Crippen LogP contribution in [-0.2, 0) is 14.8 Å². The zero-order chi connectivity index (χ0) is 22.6. The van der Waals surface area contributed by atoms with E-state index in [2.05, 4.69) is 10.0 Å². The summed E-state index contributed by atoms with van der Waals surface area (Å²) in [5.74, 6) is 2.06. The summed E-state index contributed by atoms with van der Waals surface area (Å²) in [7, 11) is -2.91. The van der Waals surface area contributed by atoms with E-state index < -0.39 is 26.2 Å². The van der Waals surface area contributed by atoms with Crippen LogP contribution in [0.25, 0.3) is 0 Å². The molecule has 0 spiro atoms. The van der Waals surface area contributed by atoms with Gasteiger partial charge in [-0.2, -0.15) is 4.72 Å². The average Bonchev–Trinajstić information content (AvgIpc) is 2.68. The number of nitro groups is 1. The Labute approximate surface area is 182 Å². The van der Waals surface area contributed by atoms with Crippen LogP contribution in [0.5, 0.6) is 5.75 Å². The SMILES string of the molecule is COc1ccc(S(=O)(=O)NC(C)(C)C(=O)NC2C3CC4CC(C3)CC2C4)cc1[N+](=O)[O-]. The van der Waals surface area contributed by atoms with E-state index in [0.29, 0.717) is 11.8 Å². The molecule has 1 aromatic carbocycles. The molecule has 9 nitrogen and oxygen atoms in total. The van der Waals surface area contributed by atoms with Crippen molar-refractivity contribution >= 4 is 21.6 Å². The molecule has 10 heteroatoms. The van der Waals surface area contributed by atoms with Gasteiger partial charge in [-0.1, -0.05) is 0 Å². The minimum atomic E-state index is -4.18. The van der Waals surface area contributed by atoms with Crippen molar-refractivity contribution in [3.05, 3.63) is 28.3 Å². The lowest BCUT2D eigenvalue weighted by Crippen LogP contribution is -2.62. The number of nitro benzene ring substituents is 1. The van der Waals surface area contributed by atoms with Gasteiger partial charge in [0.15, 0.2) is 5.75 Å². The Balaban J connectivity index is 1.49. The van der Waals surface area contributed by atoms with E-state index in [1.54, 1.807) is 0 Å². The van der Waals surface area contributed by atoms with E-state index in [0.717, 1.165) is 43.6 Å². The highest BCUT2D eigenvalue weighted by atomic mass is 32.2. The van der Waals surface area contributed by atoms with E-state index in [4.69, 9.17) is 4.74 Å². The summed E-state index contributed by atoms with van der Waals surface area (Å²) in [4.78, 5) is 23.3. The maximum absolute atomic E-state index is 13.1. The second-order valence-electron chi connectivity index (χ2n) is 9.75. The maximum Gasteiger partial charge on any atom is 0.312 e. The minimum absolute atomic E-state index is 0.0390. The van der Waals surface area contributed by atoms with Gasteiger partial charge < -0.3 is 10.1 Å². The van der Waals surface area contributed by atoms with Crippen molar-refractivity contribution in [3.63, 3.8) is 0 Å². The molecule has 0 radical (unpaired) electrons. The highest BCUT2D eigenvalue weighted by Crippen LogP contribution is 2.53. The Morgan fingerprint density at radius 2 is 1.71 bits per heavy atom. The predicted octanol–water partition coefficient (Wildman–Crippen LogP) is 2.60. The normalized spacial score (nSPS) is 29.6. The van der Waals surface area contributed by atoms with E-state index in [1.807, 2.05) is 0 Å². The number of carbonyl (C=O) groups excluding carboxylic acids is 1.